The Morgan fingerprint density at radius 2 is 1.56 bits per heavy atom. The van der Waals surface area contributed by atoms with E-state index >= 15 is 0 Å². The van der Waals surface area contributed by atoms with Gasteiger partial charge in [0.1, 0.15) is 30.5 Å². The molecule has 3 aromatic carbocycles. The van der Waals surface area contributed by atoms with E-state index in [-0.39, 0.29) is 12.4 Å². The summed E-state index contributed by atoms with van der Waals surface area (Å²) in [5.74, 6) is 1.67. The molecule has 0 unspecified atom stereocenters. The van der Waals surface area contributed by atoms with Gasteiger partial charge in [-0.05, 0) is 85.6 Å². The lowest BCUT2D eigenvalue weighted by molar-refractivity contribution is 0.0923. The highest BCUT2D eigenvalue weighted by Gasteiger charge is 2.11. The second-order valence-corrected chi connectivity index (χ2v) is 9.05. The van der Waals surface area contributed by atoms with E-state index in [1.54, 1.807) is 18.3 Å². The third kappa shape index (κ3) is 6.64. The number of carbonyl (C=O) groups excluding carboxylic acids is 1. The SMILES string of the molecule is Cc1ccc(C)n1-c1ccc(OCc2ccc(C(=O)N/N=C/c3cccc(OCc4ccccc4)c3)o2)cc1. The number of hydrogen-bond acceptors (Lipinski definition) is 5. The second-order valence-electron chi connectivity index (χ2n) is 9.05. The van der Waals surface area contributed by atoms with E-state index in [0.717, 1.165) is 22.6 Å². The van der Waals surface area contributed by atoms with Crippen LogP contribution in [0.4, 0.5) is 0 Å². The summed E-state index contributed by atoms with van der Waals surface area (Å²) in [6, 6.07) is 32.8. The van der Waals surface area contributed by atoms with Gasteiger partial charge < -0.3 is 18.5 Å². The van der Waals surface area contributed by atoms with Gasteiger partial charge in [0.05, 0.1) is 6.21 Å². The zero-order valence-corrected chi connectivity index (χ0v) is 21.8. The van der Waals surface area contributed by atoms with Crippen molar-refractivity contribution < 1.29 is 18.7 Å². The highest BCUT2D eigenvalue weighted by molar-refractivity contribution is 5.92. The zero-order valence-electron chi connectivity index (χ0n) is 21.8. The predicted octanol–water partition coefficient (Wildman–Crippen LogP) is 6.61. The molecule has 0 aliphatic carbocycles. The van der Waals surface area contributed by atoms with E-state index in [0.29, 0.717) is 18.1 Å². The van der Waals surface area contributed by atoms with Crippen LogP contribution in [-0.2, 0) is 13.2 Å². The molecule has 0 aliphatic heterocycles. The largest absolute Gasteiger partial charge is 0.489 e. The van der Waals surface area contributed by atoms with E-state index in [4.69, 9.17) is 13.9 Å². The van der Waals surface area contributed by atoms with Gasteiger partial charge in [-0.2, -0.15) is 5.10 Å². The average molecular weight is 520 g/mol. The molecule has 0 bridgehead atoms. The summed E-state index contributed by atoms with van der Waals surface area (Å²) in [5.41, 5.74) is 7.80. The molecule has 2 aromatic heterocycles. The molecule has 0 spiro atoms. The van der Waals surface area contributed by atoms with Gasteiger partial charge in [-0.1, -0.05) is 42.5 Å². The van der Waals surface area contributed by atoms with Crippen molar-refractivity contribution >= 4 is 12.1 Å². The van der Waals surface area contributed by atoms with E-state index in [2.05, 4.69) is 41.1 Å². The van der Waals surface area contributed by atoms with Crippen LogP contribution in [0.1, 0.15) is 38.8 Å². The third-order valence-corrected chi connectivity index (χ3v) is 6.12. The fraction of sp³-hybridized carbons (Fsp3) is 0.125. The van der Waals surface area contributed by atoms with Gasteiger partial charge in [0, 0.05) is 17.1 Å². The first-order chi connectivity index (χ1) is 19.0. The van der Waals surface area contributed by atoms with Crippen molar-refractivity contribution in [1.29, 1.82) is 0 Å². The van der Waals surface area contributed by atoms with E-state index in [1.807, 2.05) is 78.9 Å². The first kappa shape index (κ1) is 25.6. The Kier molecular flexibility index (Phi) is 7.88. The highest BCUT2D eigenvalue weighted by atomic mass is 16.5. The number of ether oxygens (including phenoxy) is 2. The predicted molar refractivity (Wildman–Crippen MR) is 151 cm³/mol. The number of amides is 1. The summed E-state index contributed by atoms with van der Waals surface area (Å²) < 4.78 is 19.5. The maximum Gasteiger partial charge on any atom is 0.307 e. The van der Waals surface area contributed by atoms with Crippen LogP contribution in [-0.4, -0.2) is 16.7 Å². The fourth-order valence-corrected chi connectivity index (χ4v) is 4.15. The Labute approximate surface area is 227 Å². The molecule has 2 heterocycles. The Bertz CT molecular complexity index is 1550. The minimum absolute atomic E-state index is 0.152. The Balaban J connectivity index is 1.11. The average Bonchev–Trinajstić information content (AvgIpc) is 3.58. The lowest BCUT2D eigenvalue weighted by atomic mass is 10.2. The topological polar surface area (TPSA) is 78.0 Å². The molecule has 0 radical (unpaired) electrons. The molecule has 1 N–H and O–H groups in total. The number of nitrogens with zero attached hydrogens (tertiary/aromatic N) is 2. The molecule has 0 saturated carbocycles. The van der Waals surface area contributed by atoms with Crippen LogP contribution in [0, 0.1) is 13.8 Å². The van der Waals surface area contributed by atoms with E-state index < -0.39 is 5.91 Å². The summed E-state index contributed by atoms with van der Waals surface area (Å²) in [7, 11) is 0. The summed E-state index contributed by atoms with van der Waals surface area (Å²) in [5, 5.41) is 4.05. The number of aryl methyl sites for hydroxylation is 2. The minimum Gasteiger partial charge on any atom is -0.489 e. The minimum atomic E-state index is -0.448. The molecular weight excluding hydrogens is 490 g/mol. The van der Waals surface area contributed by atoms with E-state index in [1.165, 1.54) is 11.4 Å². The fourth-order valence-electron chi connectivity index (χ4n) is 4.15. The number of nitrogens with one attached hydrogen (secondary N) is 1. The van der Waals surface area contributed by atoms with Crippen molar-refractivity contribution in [2.45, 2.75) is 27.1 Å². The molecule has 0 fully saturated rings. The first-order valence-corrected chi connectivity index (χ1v) is 12.6. The Hall–Kier alpha value is -5.04. The Morgan fingerprint density at radius 1 is 0.821 bits per heavy atom. The van der Waals surface area contributed by atoms with Gasteiger partial charge in [-0.3, -0.25) is 4.79 Å². The molecule has 0 atom stereocenters. The van der Waals surface area contributed by atoms with Crippen LogP contribution in [0.15, 0.2) is 113 Å². The highest BCUT2D eigenvalue weighted by Crippen LogP contribution is 2.21. The normalized spacial score (nSPS) is 11.0. The molecule has 7 heteroatoms. The summed E-state index contributed by atoms with van der Waals surface area (Å²) >= 11 is 0. The van der Waals surface area contributed by atoms with Crippen molar-refractivity contribution in [2.24, 2.45) is 5.10 Å². The number of furan rings is 1. The van der Waals surface area contributed by atoms with Gasteiger partial charge in [0.2, 0.25) is 0 Å². The first-order valence-electron chi connectivity index (χ1n) is 12.6. The quantitative estimate of drug-likeness (QED) is 0.166. The van der Waals surface area contributed by atoms with Gasteiger partial charge >= 0.3 is 5.91 Å². The molecule has 0 aliphatic rings. The maximum atomic E-state index is 12.5. The van der Waals surface area contributed by atoms with Crippen LogP contribution in [0.5, 0.6) is 11.5 Å². The number of benzene rings is 3. The van der Waals surface area contributed by atoms with Gasteiger partial charge in [-0.15, -0.1) is 0 Å². The van der Waals surface area contributed by atoms with Crippen molar-refractivity contribution in [3.63, 3.8) is 0 Å². The van der Waals surface area contributed by atoms with Crippen LogP contribution in [0.25, 0.3) is 5.69 Å². The smallest absolute Gasteiger partial charge is 0.307 e. The van der Waals surface area contributed by atoms with Gasteiger partial charge in [-0.25, -0.2) is 5.43 Å². The number of carbonyl (C=O) groups is 1. The number of hydrogen-bond donors (Lipinski definition) is 1. The lowest BCUT2D eigenvalue weighted by Gasteiger charge is -2.10. The van der Waals surface area contributed by atoms with Crippen LogP contribution >= 0.6 is 0 Å². The molecule has 196 valence electrons. The van der Waals surface area contributed by atoms with Gasteiger partial charge in [0.25, 0.3) is 0 Å². The van der Waals surface area contributed by atoms with Crippen molar-refractivity contribution in [2.75, 3.05) is 0 Å². The van der Waals surface area contributed by atoms with Crippen molar-refractivity contribution in [3.8, 4) is 17.2 Å². The monoisotopic (exact) mass is 519 g/mol. The van der Waals surface area contributed by atoms with Crippen LogP contribution < -0.4 is 14.9 Å². The second kappa shape index (κ2) is 12.0. The van der Waals surface area contributed by atoms with Gasteiger partial charge in [0.15, 0.2) is 5.76 Å². The molecule has 1 amide bonds. The molecule has 7 nitrogen and oxygen atoms in total. The molecule has 5 rings (SSSR count). The molecule has 39 heavy (non-hydrogen) atoms. The Morgan fingerprint density at radius 3 is 2.33 bits per heavy atom. The number of rotatable bonds is 10. The summed E-state index contributed by atoms with van der Waals surface area (Å²) in [6.45, 7) is 4.83. The van der Waals surface area contributed by atoms with Crippen molar-refractivity contribution in [3.05, 3.63) is 137 Å². The number of hydrazone groups is 1. The molecular formula is C32H29N3O4. The van der Waals surface area contributed by atoms with Crippen LogP contribution in [0.2, 0.25) is 0 Å². The van der Waals surface area contributed by atoms with Crippen molar-refractivity contribution in [1.82, 2.24) is 9.99 Å². The van der Waals surface area contributed by atoms with Crippen LogP contribution in [0.3, 0.4) is 0 Å². The maximum absolute atomic E-state index is 12.5. The third-order valence-electron chi connectivity index (χ3n) is 6.12. The van der Waals surface area contributed by atoms with E-state index in [9.17, 15) is 4.79 Å². The zero-order chi connectivity index (χ0) is 27.0. The molecule has 0 saturated heterocycles. The standard InChI is InChI=1S/C32H29N3O4/c1-23-11-12-24(2)35(23)27-13-15-28(16-14-27)38-22-30-17-18-31(39-30)32(36)34-33-20-26-9-6-10-29(19-26)37-21-25-7-4-3-5-8-25/h3-20H,21-22H2,1-2H3,(H,34,36)/b33-20+. The summed E-state index contributed by atoms with van der Waals surface area (Å²) in [4.78, 5) is 12.5. The lowest BCUT2D eigenvalue weighted by Crippen LogP contribution is -2.16. The number of aromatic nitrogens is 1. The summed E-state index contributed by atoms with van der Waals surface area (Å²) in [6.07, 6.45) is 1.56. The molecule has 5 aromatic rings.